The summed E-state index contributed by atoms with van der Waals surface area (Å²) >= 11 is 0. The number of carbonyl (C=O) groups excluding carboxylic acids is 1. The number of amides is 1. The first-order chi connectivity index (χ1) is 9.82. The van der Waals surface area contributed by atoms with Crippen LogP contribution in [0, 0.1) is 0 Å². The van der Waals surface area contributed by atoms with Crippen LogP contribution in [0.3, 0.4) is 0 Å². The van der Waals surface area contributed by atoms with E-state index in [-0.39, 0.29) is 17.5 Å². The largest absolute Gasteiger partial charge is 0.447 e. The molecule has 1 heterocycles. The van der Waals surface area contributed by atoms with Crippen LogP contribution < -0.4 is 5.32 Å². The van der Waals surface area contributed by atoms with Crippen molar-refractivity contribution in [2.45, 2.75) is 25.5 Å². The Balaban J connectivity index is 2.55. The van der Waals surface area contributed by atoms with E-state index in [0.717, 1.165) is 4.31 Å². The van der Waals surface area contributed by atoms with Crippen LogP contribution in [-0.4, -0.2) is 57.3 Å². The zero-order valence-corrected chi connectivity index (χ0v) is 13.7. The average molecular weight is 317 g/mol. The monoisotopic (exact) mass is 317 g/mol. The predicted octanol–water partition coefficient (Wildman–Crippen LogP) is 0.488. The van der Waals surface area contributed by atoms with Gasteiger partial charge in [0.1, 0.15) is 5.76 Å². The predicted molar refractivity (Wildman–Crippen MR) is 79.2 cm³/mol. The SMILES string of the molecule is CCN(CC)C(=O)CNCc1ccc(S(=O)(=O)N(C)C)o1. The summed E-state index contributed by atoms with van der Waals surface area (Å²) < 4.78 is 30.1. The van der Waals surface area contributed by atoms with E-state index in [4.69, 9.17) is 4.42 Å². The number of likely N-dealkylation sites (N-methyl/N-ethyl adjacent to an activating group) is 1. The molecule has 1 N–H and O–H groups in total. The number of carbonyl (C=O) groups is 1. The van der Waals surface area contributed by atoms with Gasteiger partial charge in [0.25, 0.3) is 10.0 Å². The number of hydrogen-bond donors (Lipinski definition) is 1. The summed E-state index contributed by atoms with van der Waals surface area (Å²) in [4.78, 5) is 13.5. The molecule has 0 fully saturated rings. The fraction of sp³-hybridized carbons (Fsp3) is 0.615. The molecule has 0 atom stereocenters. The summed E-state index contributed by atoms with van der Waals surface area (Å²) in [6, 6.07) is 3.00. The Labute approximate surface area is 126 Å². The number of furan rings is 1. The molecule has 120 valence electrons. The molecule has 0 saturated heterocycles. The molecule has 1 aromatic rings. The highest BCUT2D eigenvalue weighted by molar-refractivity contribution is 7.88. The molecule has 0 radical (unpaired) electrons. The molecule has 7 nitrogen and oxygen atoms in total. The summed E-state index contributed by atoms with van der Waals surface area (Å²) in [7, 11) is -0.669. The highest BCUT2D eigenvalue weighted by atomic mass is 32.2. The van der Waals surface area contributed by atoms with Gasteiger partial charge in [-0.15, -0.1) is 0 Å². The third-order valence-electron chi connectivity index (χ3n) is 3.06. The van der Waals surface area contributed by atoms with Crippen molar-refractivity contribution < 1.29 is 17.6 Å². The van der Waals surface area contributed by atoms with Crippen LogP contribution >= 0.6 is 0 Å². The Hall–Kier alpha value is -1.38. The van der Waals surface area contributed by atoms with Gasteiger partial charge in [-0.05, 0) is 26.0 Å². The molecule has 0 unspecified atom stereocenters. The second-order valence-electron chi connectivity index (χ2n) is 4.68. The van der Waals surface area contributed by atoms with E-state index in [1.54, 1.807) is 11.0 Å². The Bertz CT molecular complexity index is 562. The Morgan fingerprint density at radius 3 is 2.38 bits per heavy atom. The summed E-state index contributed by atoms with van der Waals surface area (Å²) in [6.07, 6.45) is 0. The minimum absolute atomic E-state index is 0.00712. The van der Waals surface area contributed by atoms with Crippen LogP contribution in [0.25, 0.3) is 0 Å². The van der Waals surface area contributed by atoms with Crippen molar-refractivity contribution in [3.8, 4) is 0 Å². The minimum atomic E-state index is -3.56. The van der Waals surface area contributed by atoms with E-state index in [0.29, 0.717) is 25.4 Å². The molecular formula is C13H23N3O4S. The molecule has 0 saturated carbocycles. The van der Waals surface area contributed by atoms with Crippen molar-refractivity contribution in [2.24, 2.45) is 0 Å². The van der Waals surface area contributed by atoms with Crippen molar-refractivity contribution in [1.29, 1.82) is 0 Å². The third kappa shape index (κ3) is 4.55. The van der Waals surface area contributed by atoms with E-state index in [2.05, 4.69) is 5.32 Å². The Morgan fingerprint density at radius 1 is 1.24 bits per heavy atom. The van der Waals surface area contributed by atoms with E-state index >= 15 is 0 Å². The normalized spacial score (nSPS) is 11.9. The highest BCUT2D eigenvalue weighted by Crippen LogP contribution is 2.16. The third-order valence-corrected chi connectivity index (χ3v) is 4.75. The van der Waals surface area contributed by atoms with Gasteiger partial charge in [-0.25, -0.2) is 12.7 Å². The van der Waals surface area contributed by atoms with Crippen molar-refractivity contribution in [1.82, 2.24) is 14.5 Å². The lowest BCUT2D eigenvalue weighted by atomic mass is 10.4. The summed E-state index contributed by atoms with van der Waals surface area (Å²) in [5.74, 6) is 0.482. The van der Waals surface area contributed by atoms with E-state index in [9.17, 15) is 13.2 Å². The Morgan fingerprint density at radius 2 is 1.86 bits per heavy atom. The first kappa shape index (κ1) is 17.7. The quantitative estimate of drug-likeness (QED) is 0.754. The molecule has 0 aliphatic carbocycles. The van der Waals surface area contributed by atoms with Crippen molar-refractivity contribution in [3.05, 3.63) is 17.9 Å². The molecule has 0 aliphatic rings. The van der Waals surface area contributed by atoms with Crippen LogP contribution in [0.1, 0.15) is 19.6 Å². The molecular weight excluding hydrogens is 294 g/mol. The summed E-state index contributed by atoms with van der Waals surface area (Å²) in [5.41, 5.74) is 0. The smallest absolute Gasteiger partial charge is 0.275 e. The van der Waals surface area contributed by atoms with Gasteiger partial charge in [0.2, 0.25) is 11.0 Å². The van der Waals surface area contributed by atoms with Gasteiger partial charge in [0.05, 0.1) is 13.1 Å². The average Bonchev–Trinajstić information content (AvgIpc) is 2.89. The zero-order valence-electron chi connectivity index (χ0n) is 12.9. The maximum atomic E-state index is 11.8. The minimum Gasteiger partial charge on any atom is -0.447 e. The van der Waals surface area contributed by atoms with Crippen LogP contribution in [0.5, 0.6) is 0 Å². The van der Waals surface area contributed by atoms with Crippen LogP contribution in [0.15, 0.2) is 21.6 Å². The second-order valence-corrected chi connectivity index (χ2v) is 6.76. The molecule has 0 aliphatic heterocycles. The van der Waals surface area contributed by atoms with Crippen molar-refractivity contribution in [2.75, 3.05) is 33.7 Å². The van der Waals surface area contributed by atoms with Crippen LogP contribution in [-0.2, 0) is 21.4 Å². The van der Waals surface area contributed by atoms with Crippen molar-refractivity contribution in [3.63, 3.8) is 0 Å². The number of rotatable bonds is 8. The fourth-order valence-corrected chi connectivity index (χ4v) is 2.56. The van der Waals surface area contributed by atoms with Crippen LogP contribution in [0.2, 0.25) is 0 Å². The molecule has 1 amide bonds. The van der Waals surface area contributed by atoms with Gasteiger partial charge >= 0.3 is 0 Å². The number of nitrogens with zero attached hydrogens (tertiary/aromatic N) is 2. The van der Waals surface area contributed by atoms with Crippen LogP contribution in [0.4, 0.5) is 0 Å². The van der Waals surface area contributed by atoms with Crippen molar-refractivity contribution >= 4 is 15.9 Å². The van der Waals surface area contributed by atoms with E-state index in [1.807, 2.05) is 13.8 Å². The zero-order chi connectivity index (χ0) is 16.0. The van der Waals surface area contributed by atoms with E-state index < -0.39 is 10.0 Å². The summed E-state index contributed by atoms with van der Waals surface area (Å²) in [6.45, 7) is 5.68. The number of sulfonamides is 1. The van der Waals surface area contributed by atoms with Gasteiger partial charge in [-0.1, -0.05) is 0 Å². The van der Waals surface area contributed by atoms with Gasteiger partial charge < -0.3 is 14.6 Å². The molecule has 0 spiro atoms. The molecule has 0 bridgehead atoms. The fourth-order valence-electron chi connectivity index (χ4n) is 1.75. The van der Waals surface area contributed by atoms with E-state index in [1.165, 1.54) is 20.2 Å². The van der Waals surface area contributed by atoms with Gasteiger partial charge in [0, 0.05) is 27.2 Å². The van der Waals surface area contributed by atoms with Gasteiger partial charge in [-0.2, -0.15) is 0 Å². The first-order valence-electron chi connectivity index (χ1n) is 6.82. The Kier molecular flexibility index (Phi) is 6.38. The molecule has 1 rings (SSSR count). The lowest BCUT2D eigenvalue weighted by Crippen LogP contribution is -2.37. The maximum Gasteiger partial charge on any atom is 0.275 e. The first-order valence-corrected chi connectivity index (χ1v) is 8.26. The topological polar surface area (TPSA) is 82.9 Å². The number of hydrogen-bond acceptors (Lipinski definition) is 5. The standard InChI is InChI=1S/C13H23N3O4S/c1-5-16(6-2)12(17)10-14-9-11-7-8-13(20-11)21(18,19)15(3)4/h7-8,14H,5-6,9-10H2,1-4H3. The second kappa shape index (κ2) is 7.58. The summed E-state index contributed by atoms with van der Waals surface area (Å²) in [5, 5.41) is 2.85. The lowest BCUT2D eigenvalue weighted by Gasteiger charge is -2.18. The molecule has 8 heteroatoms. The molecule has 21 heavy (non-hydrogen) atoms. The maximum absolute atomic E-state index is 11.8. The van der Waals surface area contributed by atoms with Gasteiger partial charge in [-0.3, -0.25) is 4.79 Å². The van der Waals surface area contributed by atoms with Gasteiger partial charge in [0.15, 0.2) is 0 Å². The highest BCUT2D eigenvalue weighted by Gasteiger charge is 2.21. The molecule has 1 aromatic heterocycles. The number of nitrogens with one attached hydrogen (secondary N) is 1. The lowest BCUT2D eigenvalue weighted by molar-refractivity contribution is -0.129. The molecule has 0 aromatic carbocycles.